The molecule has 0 aromatic heterocycles. The minimum atomic E-state index is -1.09. The summed E-state index contributed by atoms with van der Waals surface area (Å²) in [5, 5.41) is 9.62. The monoisotopic (exact) mass is 201 g/mol. The van der Waals surface area contributed by atoms with Crippen molar-refractivity contribution in [2.24, 2.45) is 11.8 Å². The summed E-state index contributed by atoms with van der Waals surface area (Å²) in [6, 6.07) is 0. The van der Waals surface area contributed by atoms with Crippen molar-refractivity contribution in [1.29, 1.82) is 0 Å². The molecule has 1 N–H and O–H groups in total. The highest BCUT2D eigenvalue weighted by atomic mass is 19.1. The maximum atomic E-state index is 12.5. The fourth-order valence-corrected chi connectivity index (χ4v) is 2.03. The van der Waals surface area contributed by atoms with E-state index in [-0.39, 0.29) is 24.4 Å². The first kappa shape index (κ1) is 9.90. The lowest BCUT2D eigenvalue weighted by atomic mass is 10.0. The van der Waals surface area contributed by atoms with E-state index in [0.717, 1.165) is 0 Å². The van der Waals surface area contributed by atoms with Crippen molar-refractivity contribution in [1.82, 2.24) is 4.90 Å². The van der Waals surface area contributed by atoms with Crippen LogP contribution in [-0.4, -0.2) is 41.3 Å². The van der Waals surface area contributed by atoms with Crippen molar-refractivity contribution in [3.05, 3.63) is 0 Å². The second-order valence-corrected chi connectivity index (χ2v) is 4.63. The first-order valence-electron chi connectivity index (χ1n) is 5.14. The van der Waals surface area contributed by atoms with Crippen molar-refractivity contribution < 1.29 is 14.3 Å². The maximum absolute atomic E-state index is 12.5. The standard InChI is InChI=1S/C10H16FNO2/c1-7-5-12(6-8(7)4-11)9(13)10(14)2-3-10/h7-8,14H,2-6H2,1H3. The lowest BCUT2D eigenvalue weighted by Gasteiger charge is -2.19. The molecule has 1 aliphatic carbocycles. The highest BCUT2D eigenvalue weighted by molar-refractivity contribution is 5.88. The van der Waals surface area contributed by atoms with Crippen LogP contribution in [0, 0.1) is 11.8 Å². The number of hydrogen-bond donors (Lipinski definition) is 1. The molecule has 0 spiro atoms. The van der Waals surface area contributed by atoms with Crippen molar-refractivity contribution in [2.45, 2.75) is 25.4 Å². The van der Waals surface area contributed by atoms with Gasteiger partial charge in [0.1, 0.15) is 5.60 Å². The first-order chi connectivity index (χ1) is 6.57. The number of aliphatic hydroxyl groups is 1. The molecule has 2 unspecified atom stereocenters. The topological polar surface area (TPSA) is 40.5 Å². The van der Waals surface area contributed by atoms with Gasteiger partial charge in [0.05, 0.1) is 6.67 Å². The molecule has 1 heterocycles. The summed E-state index contributed by atoms with van der Waals surface area (Å²) in [7, 11) is 0. The van der Waals surface area contributed by atoms with Crippen LogP contribution in [0.4, 0.5) is 4.39 Å². The van der Waals surface area contributed by atoms with Crippen LogP contribution in [0.1, 0.15) is 19.8 Å². The van der Waals surface area contributed by atoms with Crippen molar-refractivity contribution in [3.63, 3.8) is 0 Å². The number of hydrogen-bond acceptors (Lipinski definition) is 2. The lowest BCUT2D eigenvalue weighted by Crippen LogP contribution is -2.39. The molecule has 3 nitrogen and oxygen atoms in total. The van der Waals surface area contributed by atoms with Gasteiger partial charge in [-0.25, -0.2) is 0 Å². The number of rotatable bonds is 2. The third kappa shape index (κ3) is 1.52. The van der Waals surface area contributed by atoms with E-state index in [0.29, 0.717) is 25.9 Å². The second-order valence-electron chi connectivity index (χ2n) is 4.63. The largest absolute Gasteiger partial charge is 0.380 e. The average molecular weight is 201 g/mol. The summed E-state index contributed by atoms with van der Waals surface area (Å²) >= 11 is 0. The molecule has 2 fully saturated rings. The van der Waals surface area contributed by atoms with Gasteiger partial charge in [-0.3, -0.25) is 9.18 Å². The lowest BCUT2D eigenvalue weighted by molar-refractivity contribution is -0.141. The van der Waals surface area contributed by atoms with Crippen LogP contribution in [0.25, 0.3) is 0 Å². The number of alkyl halides is 1. The van der Waals surface area contributed by atoms with Crippen LogP contribution in [0.2, 0.25) is 0 Å². The molecule has 2 aliphatic rings. The van der Waals surface area contributed by atoms with Gasteiger partial charge in [0.15, 0.2) is 0 Å². The molecule has 0 aromatic carbocycles. The Morgan fingerprint density at radius 1 is 1.57 bits per heavy atom. The second kappa shape index (κ2) is 3.19. The van der Waals surface area contributed by atoms with Crippen LogP contribution >= 0.6 is 0 Å². The molecule has 80 valence electrons. The molecular weight excluding hydrogens is 185 g/mol. The van der Waals surface area contributed by atoms with Gasteiger partial charge in [0, 0.05) is 19.0 Å². The van der Waals surface area contributed by atoms with Crippen molar-refractivity contribution in [2.75, 3.05) is 19.8 Å². The molecule has 14 heavy (non-hydrogen) atoms. The van der Waals surface area contributed by atoms with Gasteiger partial charge >= 0.3 is 0 Å². The maximum Gasteiger partial charge on any atom is 0.254 e. The predicted molar refractivity (Wildman–Crippen MR) is 49.4 cm³/mol. The number of nitrogens with zero attached hydrogens (tertiary/aromatic N) is 1. The Hall–Kier alpha value is -0.640. The van der Waals surface area contributed by atoms with Gasteiger partial charge in [0.25, 0.3) is 5.91 Å². The number of halogens is 1. The zero-order valence-electron chi connectivity index (χ0n) is 8.37. The summed E-state index contributed by atoms with van der Waals surface area (Å²) in [5.41, 5.74) is -1.09. The molecule has 0 bridgehead atoms. The highest BCUT2D eigenvalue weighted by Gasteiger charge is 2.51. The Morgan fingerprint density at radius 3 is 2.64 bits per heavy atom. The normalized spacial score (nSPS) is 34.6. The van der Waals surface area contributed by atoms with E-state index in [2.05, 4.69) is 0 Å². The quantitative estimate of drug-likeness (QED) is 0.709. The van der Waals surface area contributed by atoms with Crippen molar-refractivity contribution >= 4 is 5.91 Å². The van der Waals surface area contributed by atoms with Crippen molar-refractivity contribution in [3.8, 4) is 0 Å². The molecule has 1 aliphatic heterocycles. The van der Waals surface area contributed by atoms with Gasteiger partial charge in [0.2, 0.25) is 0 Å². The van der Waals surface area contributed by atoms with Gasteiger partial charge in [-0.05, 0) is 18.8 Å². The van der Waals surface area contributed by atoms with Crippen LogP contribution in [0.3, 0.4) is 0 Å². The van der Waals surface area contributed by atoms with Gasteiger partial charge in [-0.2, -0.15) is 0 Å². The Kier molecular flexibility index (Phi) is 2.26. The van der Waals surface area contributed by atoms with Gasteiger partial charge in [-0.1, -0.05) is 6.92 Å². The van der Waals surface area contributed by atoms with E-state index < -0.39 is 5.60 Å². The molecule has 1 saturated carbocycles. The average Bonchev–Trinajstić information content (AvgIpc) is 2.79. The first-order valence-corrected chi connectivity index (χ1v) is 5.14. The van der Waals surface area contributed by atoms with E-state index >= 15 is 0 Å². The minimum Gasteiger partial charge on any atom is -0.380 e. The van der Waals surface area contributed by atoms with Crippen LogP contribution in [-0.2, 0) is 4.79 Å². The number of likely N-dealkylation sites (tertiary alicyclic amines) is 1. The third-order valence-corrected chi connectivity index (χ3v) is 3.38. The zero-order chi connectivity index (χ0) is 10.3. The molecule has 2 atom stereocenters. The van der Waals surface area contributed by atoms with E-state index in [9.17, 15) is 14.3 Å². The van der Waals surface area contributed by atoms with Gasteiger partial charge in [-0.15, -0.1) is 0 Å². The van der Waals surface area contributed by atoms with Crippen LogP contribution in [0.5, 0.6) is 0 Å². The molecule has 4 heteroatoms. The smallest absolute Gasteiger partial charge is 0.254 e. The molecule has 0 aromatic rings. The summed E-state index contributed by atoms with van der Waals surface area (Å²) in [4.78, 5) is 13.3. The molecule has 2 rings (SSSR count). The molecular formula is C10H16FNO2. The highest BCUT2D eigenvalue weighted by Crippen LogP contribution is 2.38. The van der Waals surface area contributed by atoms with E-state index in [1.807, 2.05) is 6.92 Å². The predicted octanol–water partition coefficient (Wildman–Crippen LogP) is 0.575. The van der Waals surface area contributed by atoms with Crippen LogP contribution in [0.15, 0.2) is 0 Å². The fraction of sp³-hybridized carbons (Fsp3) is 0.900. The number of carbonyl (C=O) groups is 1. The summed E-state index contributed by atoms with van der Waals surface area (Å²) in [6.07, 6.45) is 1.13. The Labute approximate surface area is 82.9 Å². The number of carbonyl (C=O) groups excluding carboxylic acids is 1. The SMILES string of the molecule is CC1CN(C(=O)C2(O)CC2)CC1CF. The minimum absolute atomic E-state index is 0.0405. The third-order valence-electron chi connectivity index (χ3n) is 3.38. The van der Waals surface area contributed by atoms with E-state index in [4.69, 9.17) is 0 Å². The van der Waals surface area contributed by atoms with E-state index in [1.54, 1.807) is 4.90 Å². The fourth-order valence-electron chi connectivity index (χ4n) is 2.03. The van der Waals surface area contributed by atoms with Crippen LogP contribution < -0.4 is 0 Å². The Balaban J connectivity index is 1.97. The summed E-state index contributed by atoms with van der Waals surface area (Å²) in [5.74, 6) is -0.0205. The molecule has 0 radical (unpaired) electrons. The van der Waals surface area contributed by atoms with Gasteiger partial charge < -0.3 is 10.0 Å². The number of amides is 1. The zero-order valence-corrected chi connectivity index (χ0v) is 8.37. The molecule has 1 amide bonds. The molecule has 1 saturated heterocycles. The Morgan fingerprint density at radius 2 is 2.21 bits per heavy atom. The summed E-state index contributed by atoms with van der Waals surface area (Å²) < 4.78 is 12.5. The Bertz CT molecular complexity index is 253. The van der Waals surface area contributed by atoms with E-state index in [1.165, 1.54) is 0 Å². The summed E-state index contributed by atoms with van der Waals surface area (Å²) in [6.45, 7) is 2.65.